The number of hydrogen-bond acceptors (Lipinski definition) is 3. The van der Waals surface area contributed by atoms with E-state index in [0.717, 1.165) is 12.8 Å². The summed E-state index contributed by atoms with van der Waals surface area (Å²) in [7, 11) is 0. The van der Waals surface area contributed by atoms with Crippen molar-refractivity contribution in [2.75, 3.05) is 26.2 Å². The van der Waals surface area contributed by atoms with Crippen molar-refractivity contribution in [1.82, 2.24) is 9.80 Å². The lowest BCUT2D eigenvalue weighted by Crippen LogP contribution is -2.48. The molecule has 172 valence electrons. The van der Waals surface area contributed by atoms with Crippen molar-refractivity contribution in [3.63, 3.8) is 0 Å². The second-order valence-corrected chi connectivity index (χ2v) is 9.12. The van der Waals surface area contributed by atoms with Gasteiger partial charge in [-0.05, 0) is 49.9 Å². The van der Waals surface area contributed by atoms with Crippen LogP contribution in [0, 0.1) is 5.92 Å². The molecule has 0 N–H and O–H groups in total. The number of nitrogens with zero attached hydrogens (tertiary/aromatic N) is 2. The second kappa shape index (κ2) is 11.1. The van der Waals surface area contributed by atoms with Gasteiger partial charge in [0.2, 0.25) is 0 Å². The molecule has 0 radical (unpaired) electrons. The van der Waals surface area contributed by atoms with Crippen LogP contribution in [0.2, 0.25) is 10.0 Å². The number of amides is 2. The van der Waals surface area contributed by atoms with E-state index in [1.807, 2.05) is 28.9 Å². The van der Waals surface area contributed by atoms with Gasteiger partial charge in [-0.2, -0.15) is 0 Å². The van der Waals surface area contributed by atoms with E-state index in [0.29, 0.717) is 46.6 Å². The maximum absolute atomic E-state index is 13.6. The van der Waals surface area contributed by atoms with Crippen LogP contribution in [0.15, 0.2) is 42.5 Å². The Labute approximate surface area is 200 Å². The molecular weight excluding hydrogens is 447 g/mol. The lowest BCUT2D eigenvalue weighted by molar-refractivity contribution is 0.0512. The first-order valence-corrected chi connectivity index (χ1v) is 11.9. The molecule has 1 aliphatic heterocycles. The predicted molar refractivity (Wildman–Crippen MR) is 129 cm³/mol. The van der Waals surface area contributed by atoms with E-state index in [9.17, 15) is 9.59 Å². The van der Waals surface area contributed by atoms with Crippen LogP contribution in [0.1, 0.15) is 54.3 Å². The van der Waals surface area contributed by atoms with Gasteiger partial charge in [0, 0.05) is 19.6 Å². The third-order valence-electron chi connectivity index (χ3n) is 5.88. The van der Waals surface area contributed by atoms with Crippen molar-refractivity contribution in [3.8, 4) is 5.75 Å². The molecule has 0 saturated carbocycles. The Hall–Kier alpha value is -2.24. The normalized spacial score (nSPS) is 17.9. The number of para-hydroxylation sites is 1. The van der Waals surface area contributed by atoms with Gasteiger partial charge in [-0.1, -0.05) is 55.2 Å². The molecule has 1 heterocycles. The van der Waals surface area contributed by atoms with Gasteiger partial charge in [0.05, 0.1) is 27.2 Å². The summed E-state index contributed by atoms with van der Waals surface area (Å²) in [5.41, 5.74) is 0.865. The van der Waals surface area contributed by atoms with E-state index < -0.39 is 0 Å². The number of hydrogen-bond donors (Lipinski definition) is 0. The molecule has 0 spiro atoms. The third-order valence-corrected chi connectivity index (χ3v) is 6.51. The van der Waals surface area contributed by atoms with E-state index in [-0.39, 0.29) is 30.4 Å². The first-order valence-electron chi connectivity index (χ1n) is 11.1. The van der Waals surface area contributed by atoms with Gasteiger partial charge in [-0.15, -0.1) is 0 Å². The minimum Gasteiger partial charge on any atom is -0.491 e. The summed E-state index contributed by atoms with van der Waals surface area (Å²) in [5, 5.41) is 0.676. The Balaban J connectivity index is 1.99. The smallest absolute Gasteiger partial charge is 0.257 e. The number of halogens is 2. The molecule has 0 saturated heterocycles. The van der Waals surface area contributed by atoms with Crippen LogP contribution in [-0.2, 0) is 0 Å². The van der Waals surface area contributed by atoms with E-state index in [4.69, 9.17) is 27.9 Å². The molecule has 0 aromatic heterocycles. The Morgan fingerprint density at radius 2 is 1.72 bits per heavy atom. The molecule has 1 atom stereocenters. The quantitative estimate of drug-likeness (QED) is 0.562. The number of carbonyl (C=O) groups excluding carboxylic acids is 2. The Bertz CT molecular complexity index is 944. The molecule has 2 aromatic rings. The summed E-state index contributed by atoms with van der Waals surface area (Å²) < 4.78 is 6.17. The lowest BCUT2D eigenvalue weighted by atomic mass is 10.0. The minimum absolute atomic E-state index is 0.0273. The first kappa shape index (κ1) is 24.4. The molecular formula is C25H30Cl2N2O3. The molecule has 3 rings (SSSR count). The molecule has 0 unspecified atom stereocenters. The maximum atomic E-state index is 13.6. The summed E-state index contributed by atoms with van der Waals surface area (Å²) in [6.45, 7) is 8.11. The van der Waals surface area contributed by atoms with Crippen LogP contribution in [0.5, 0.6) is 5.75 Å². The number of ether oxygens (including phenoxy) is 1. The van der Waals surface area contributed by atoms with Crippen molar-refractivity contribution in [3.05, 3.63) is 63.6 Å². The zero-order valence-electron chi connectivity index (χ0n) is 18.8. The molecule has 7 heteroatoms. The molecule has 0 bridgehead atoms. The topological polar surface area (TPSA) is 49.9 Å². The lowest BCUT2D eigenvalue weighted by Gasteiger charge is -2.36. The van der Waals surface area contributed by atoms with E-state index in [2.05, 4.69) is 13.8 Å². The van der Waals surface area contributed by atoms with Crippen LogP contribution in [-0.4, -0.2) is 53.9 Å². The van der Waals surface area contributed by atoms with Crippen molar-refractivity contribution in [2.45, 2.75) is 39.7 Å². The standard InChI is InChI=1S/C25H30Cl2N2O3/c1-4-28-14-7-8-15-29(25(31)23-19(26)11-9-12-20(23)27)21(17(2)3)16-32-22-13-6-5-10-18(22)24(28)30/h5-6,9-13,17,21H,4,7-8,14-16H2,1-3H3/t21-/m1/s1. The molecule has 1 aliphatic rings. The average Bonchev–Trinajstić information content (AvgIpc) is 2.76. The highest BCUT2D eigenvalue weighted by Crippen LogP contribution is 2.29. The number of carbonyl (C=O) groups is 2. The highest BCUT2D eigenvalue weighted by atomic mass is 35.5. The van der Waals surface area contributed by atoms with Crippen LogP contribution < -0.4 is 4.74 Å². The fourth-order valence-electron chi connectivity index (χ4n) is 4.01. The first-order chi connectivity index (χ1) is 15.3. The molecule has 2 aromatic carbocycles. The molecule has 5 nitrogen and oxygen atoms in total. The zero-order chi connectivity index (χ0) is 23.3. The average molecular weight is 477 g/mol. The minimum atomic E-state index is -0.209. The zero-order valence-corrected chi connectivity index (χ0v) is 20.3. The van der Waals surface area contributed by atoms with E-state index >= 15 is 0 Å². The fourth-order valence-corrected chi connectivity index (χ4v) is 4.57. The largest absolute Gasteiger partial charge is 0.491 e. The Morgan fingerprint density at radius 3 is 2.38 bits per heavy atom. The van der Waals surface area contributed by atoms with Crippen molar-refractivity contribution in [1.29, 1.82) is 0 Å². The highest BCUT2D eigenvalue weighted by Gasteiger charge is 2.31. The summed E-state index contributed by atoms with van der Waals surface area (Å²) in [6.07, 6.45) is 1.54. The summed E-state index contributed by atoms with van der Waals surface area (Å²) in [4.78, 5) is 30.4. The predicted octanol–water partition coefficient (Wildman–Crippen LogP) is 5.80. The van der Waals surface area contributed by atoms with Gasteiger partial charge in [0.1, 0.15) is 12.4 Å². The number of fused-ring (bicyclic) bond motifs is 1. The van der Waals surface area contributed by atoms with Crippen LogP contribution in [0.4, 0.5) is 0 Å². The summed E-state index contributed by atoms with van der Waals surface area (Å²) in [5.74, 6) is 0.431. The van der Waals surface area contributed by atoms with Crippen LogP contribution >= 0.6 is 23.2 Å². The second-order valence-electron chi connectivity index (χ2n) is 8.31. The summed E-state index contributed by atoms with van der Waals surface area (Å²) in [6, 6.07) is 12.2. The van der Waals surface area contributed by atoms with Crippen LogP contribution in [0.3, 0.4) is 0 Å². The van der Waals surface area contributed by atoms with E-state index in [1.165, 1.54) is 0 Å². The molecule has 32 heavy (non-hydrogen) atoms. The Kier molecular flexibility index (Phi) is 8.44. The van der Waals surface area contributed by atoms with Gasteiger partial charge < -0.3 is 14.5 Å². The van der Waals surface area contributed by atoms with Gasteiger partial charge >= 0.3 is 0 Å². The molecule has 0 aliphatic carbocycles. The third kappa shape index (κ3) is 5.38. The van der Waals surface area contributed by atoms with E-state index in [1.54, 1.807) is 30.3 Å². The fraction of sp³-hybridized carbons (Fsp3) is 0.440. The number of rotatable bonds is 3. The number of benzene rings is 2. The van der Waals surface area contributed by atoms with Crippen molar-refractivity contribution >= 4 is 35.0 Å². The van der Waals surface area contributed by atoms with Gasteiger partial charge in [0.25, 0.3) is 11.8 Å². The van der Waals surface area contributed by atoms with Crippen molar-refractivity contribution < 1.29 is 14.3 Å². The van der Waals surface area contributed by atoms with Gasteiger partial charge in [0.15, 0.2) is 0 Å². The Morgan fingerprint density at radius 1 is 1.06 bits per heavy atom. The molecule has 2 amide bonds. The highest BCUT2D eigenvalue weighted by molar-refractivity contribution is 6.39. The molecule has 0 fully saturated rings. The van der Waals surface area contributed by atoms with Gasteiger partial charge in [-0.25, -0.2) is 0 Å². The van der Waals surface area contributed by atoms with Crippen molar-refractivity contribution in [2.24, 2.45) is 5.92 Å². The van der Waals surface area contributed by atoms with Crippen LogP contribution in [0.25, 0.3) is 0 Å². The summed E-state index contributed by atoms with van der Waals surface area (Å²) >= 11 is 12.7. The van der Waals surface area contributed by atoms with Gasteiger partial charge in [-0.3, -0.25) is 9.59 Å². The maximum Gasteiger partial charge on any atom is 0.257 e. The monoisotopic (exact) mass is 476 g/mol. The SMILES string of the molecule is CCN1CCCCN(C(=O)c2c(Cl)cccc2Cl)[C@@H](C(C)C)COc2ccccc2C1=O.